The summed E-state index contributed by atoms with van der Waals surface area (Å²) in [7, 11) is 0. The van der Waals surface area contributed by atoms with Crippen LogP contribution in [-0.2, 0) is 6.54 Å². The van der Waals surface area contributed by atoms with Crippen molar-refractivity contribution in [2.24, 2.45) is 0 Å². The second-order valence-corrected chi connectivity index (χ2v) is 2.21. The Kier molecular flexibility index (Phi) is 2.89. The topological polar surface area (TPSA) is 52.5 Å². The Bertz CT molecular complexity index is 225. The molecular weight excluding hydrogens is 142 g/mol. The van der Waals surface area contributed by atoms with Crippen molar-refractivity contribution in [3.8, 4) is 5.75 Å². The van der Waals surface area contributed by atoms with E-state index in [4.69, 9.17) is 5.11 Å². The predicted octanol–water partition coefficient (Wildman–Crippen LogP) is 0.432. The molecule has 0 bridgehead atoms. The van der Waals surface area contributed by atoms with Crippen LogP contribution in [0.25, 0.3) is 0 Å². The van der Waals surface area contributed by atoms with Crippen LogP contribution in [0.3, 0.4) is 0 Å². The monoisotopic (exact) mass is 153 g/mol. The molecule has 1 rings (SSSR count). The summed E-state index contributed by atoms with van der Waals surface area (Å²) < 4.78 is 0. The van der Waals surface area contributed by atoms with Crippen molar-refractivity contribution in [1.29, 1.82) is 0 Å². The molecule has 0 spiro atoms. The van der Waals surface area contributed by atoms with Gasteiger partial charge in [0.1, 0.15) is 5.75 Å². The number of para-hydroxylation sites is 1. The van der Waals surface area contributed by atoms with E-state index in [9.17, 15) is 5.11 Å². The van der Waals surface area contributed by atoms with E-state index in [1.165, 1.54) is 0 Å². The van der Waals surface area contributed by atoms with Crippen LogP contribution in [-0.4, -0.2) is 16.9 Å². The average Bonchev–Trinajstić information content (AvgIpc) is 2.03. The number of aliphatic hydroxyl groups excluding tert-OH is 1. The molecule has 60 valence electrons. The summed E-state index contributed by atoms with van der Waals surface area (Å²) in [5.41, 5.74) is 0.793. The third kappa shape index (κ3) is 2.22. The highest BCUT2D eigenvalue weighted by molar-refractivity contribution is 5.31. The van der Waals surface area contributed by atoms with Gasteiger partial charge in [-0.1, -0.05) is 18.2 Å². The van der Waals surface area contributed by atoms with Crippen molar-refractivity contribution in [3.05, 3.63) is 29.8 Å². The molecule has 0 saturated carbocycles. The number of nitrogens with one attached hydrogen (secondary N) is 1. The van der Waals surface area contributed by atoms with E-state index in [0.29, 0.717) is 6.54 Å². The van der Waals surface area contributed by atoms with Gasteiger partial charge >= 0.3 is 0 Å². The molecule has 1 aromatic carbocycles. The van der Waals surface area contributed by atoms with Crippen LogP contribution in [0.15, 0.2) is 24.3 Å². The Labute approximate surface area is 65.3 Å². The highest BCUT2D eigenvalue weighted by atomic mass is 16.3. The minimum Gasteiger partial charge on any atom is -0.508 e. The van der Waals surface area contributed by atoms with E-state index >= 15 is 0 Å². The summed E-state index contributed by atoms with van der Waals surface area (Å²) in [6.07, 6.45) is 0. The van der Waals surface area contributed by atoms with Gasteiger partial charge in [-0.3, -0.25) is 5.32 Å². The summed E-state index contributed by atoms with van der Waals surface area (Å²) in [6.45, 7) is 0.414. The van der Waals surface area contributed by atoms with Crippen molar-refractivity contribution in [2.45, 2.75) is 6.54 Å². The molecule has 0 aliphatic carbocycles. The van der Waals surface area contributed by atoms with Gasteiger partial charge in [0.2, 0.25) is 0 Å². The molecule has 3 nitrogen and oxygen atoms in total. The maximum atomic E-state index is 9.22. The van der Waals surface area contributed by atoms with Gasteiger partial charge in [0.05, 0.1) is 6.73 Å². The van der Waals surface area contributed by atoms with E-state index in [0.717, 1.165) is 5.56 Å². The molecular formula is C8H11NO2. The van der Waals surface area contributed by atoms with Gasteiger partial charge in [-0.05, 0) is 6.07 Å². The van der Waals surface area contributed by atoms with Crippen LogP contribution >= 0.6 is 0 Å². The summed E-state index contributed by atoms with van der Waals surface area (Å²) in [4.78, 5) is 0. The van der Waals surface area contributed by atoms with E-state index in [1.807, 2.05) is 6.07 Å². The quantitative estimate of drug-likeness (QED) is 0.552. The fourth-order valence-corrected chi connectivity index (χ4v) is 0.851. The molecule has 0 aromatic heterocycles. The van der Waals surface area contributed by atoms with Crippen molar-refractivity contribution in [2.75, 3.05) is 6.73 Å². The van der Waals surface area contributed by atoms with Crippen molar-refractivity contribution < 1.29 is 10.2 Å². The SMILES string of the molecule is OCNCc1ccccc1O. The minimum atomic E-state index is -0.0751. The lowest BCUT2D eigenvalue weighted by molar-refractivity contribution is 0.258. The fourth-order valence-electron chi connectivity index (χ4n) is 0.851. The van der Waals surface area contributed by atoms with Crippen LogP contribution in [0.1, 0.15) is 5.56 Å². The highest BCUT2D eigenvalue weighted by Gasteiger charge is 1.96. The van der Waals surface area contributed by atoms with Crippen LogP contribution in [0.4, 0.5) is 0 Å². The van der Waals surface area contributed by atoms with E-state index in [-0.39, 0.29) is 12.5 Å². The fraction of sp³-hybridized carbons (Fsp3) is 0.250. The van der Waals surface area contributed by atoms with Gasteiger partial charge in [-0.25, -0.2) is 0 Å². The van der Waals surface area contributed by atoms with Gasteiger partial charge in [-0.15, -0.1) is 0 Å². The Balaban J connectivity index is 2.62. The lowest BCUT2D eigenvalue weighted by Crippen LogP contribution is -2.13. The number of rotatable bonds is 3. The maximum Gasteiger partial charge on any atom is 0.120 e. The number of benzene rings is 1. The first-order chi connectivity index (χ1) is 5.34. The molecule has 0 radical (unpaired) electrons. The largest absolute Gasteiger partial charge is 0.508 e. The van der Waals surface area contributed by atoms with Crippen molar-refractivity contribution in [3.63, 3.8) is 0 Å². The first-order valence-electron chi connectivity index (χ1n) is 3.43. The number of hydrogen-bond acceptors (Lipinski definition) is 3. The van der Waals surface area contributed by atoms with E-state index in [2.05, 4.69) is 5.32 Å². The number of phenolic OH excluding ortho intramolecular Hbond substituents is 1. The molecule has 0 heterocycles. The van der Waals surface area contributed by atoms with Gasteiger partial charge in [0, 0.05) is 12.1 Å². The standard InChI is InChI=1S/C8H11NO2/c10-6-9-5-7-3-1-2-4-8(7)11/h1-4,9-11H,5-6H2. The first kappa shape index (κ1) is 8.04. The number of hydrogen-bond donors (Lipinski definition) is 3. The molecule has 3 N–H and O–H groups in total. The first-order valence-corrected chi connectivity index (χ1v) is 3.43. The second kappa shape index (κ2) is 3.95. The third-order valence-electron chi connectivity index (χ3n) is 1.42. The zero-order chi connectivity index (χ0) is 8.10. The number of aromatic hydroxyl groups is 1. The zero-order valence-corrected chi connectivity index (χ0v) is 6.12. The van der Waals surface area contributed by atoms with Gasteiger partial charge in [0.15, 0.2) is 0 Å². The molecule has 0 unspecified atom stereocenters. The normalized spacial score (nSPS) is 9.91. The Morgan fingerprint density at radius 1 is 1.27 bits per heavy atom. The molecule has 3 heteroatoms. The summed E-state index contributed by atoms with van der Waals surface area (Å²) >= 11 is 0. The molecule has 0 amide bonds. The van der Waals surface area contributed by atoms with E-state index in [1.54, 1.807) is 18.2 Å². The molecule has 0 fully saturated rings. The lowest BCUT2D eigenvalue weighted by Gasteiger charge is -2.02. The maximum absolute atomic E-state index is 9.22. The van der Waals surface area contributed by atoms with Crippen molar-refractivity contribution in [1.82, 2.24) is 5.32 Å². The van der Waals surface area contributed by atoms with Gasteiger partial charge in [-0.2, -0.15) is 0 Å². The van der Waals surface area contributed by atoms with Crippen LogP contribution in [0.2, 0.25) is 0 Å². The van der Waals surface area contributed by atoms with Gasteiger partial charge in [0.25, 0.3) is 0 Å². The summed E-state index contributed by atoms with van der Waals surface area (Å²) in [5.74, 6) is 0.258. The summed E-state index contributed by atoms with van der Waals surface area (Å²) in [5, 5.41) is 20.3. The predicted molar refractivity (Wildman–Crippen MR) is 42.0 cm³/mol. The molecule has 0 atom stereocenters. The minimum absolute atomic E-state index is 0.0751. The molecule has 0 aliphatic heterocycles. The smallest absolute Gasteiger partial charge is 0.120 e. The Morgan fingerprint density at radius 2 is 2.00 bits per heavy atom. The molecule has 11 heavy (non-hydrogen) atoms. The lowest BCUT2D eigenvalue weighted by atomic mass is 10.2. The van der Waals surface area contributed by atoms with Crippen LogP contribution in [0.5, 0.6) is 5.75 Å². The molecule has 0 aliphatic rings. The molecule has 1 aromatic rings. The number of aliphatic hydroxyl groups is 1. The Morgan fingerprint density at radius 3 is 2.64 bits per heavy atom. The third-order valence-corrected chi connectivity index (χ3v) is 1.42. The van der Waals surface area contributed by atoms with Gasteiger partial charge < -0.3 is 10.2 Å². The Hall–Kier alpha value is -1.06. The second-order valence-electron chi connectivity index (χ2n) is 2.21. The zero-order valence-electron chi connectivity index (χ0n) is 6.12. The van der Waals surface area contributed by atoms with Crippen LogP contribution < -0.4 is 5.32 Å². The summed E-state index contributed by atoms with van der Waals surface area (Å²) in [6, 6.07) is 7.03. The molecule has 0 saturated heterocycles. The van der Waals surface area contributed by atoms with E-state index < -0.39 is 0 Å². The highest BCUT2D eigenvalue weighted by Crippen LogP contribution is 2.14. The van der Waals surface area contributed by atoms with Crippen molar-refractivity contribution >= 4 is 0 Å². The average molecular weight is 153 g/mol. The number of phenols is 1. The van der Waals surface area contributed by atoms with Crippen LogP contribution in [0, 0.1) is 0 Å².